The van der Waals surface area contributed by atoms with Gasteiger partial charge in [0.05, 0.1) is 24.7 Å². The molecule has 2 amide bonds. The molecule has 1 fully saturated rings. The van der Waals surface area contributed by atoms with Gasteiger partial charge in [-0.25, -0.2) is 0 Å². The highest BCUT2D eigenvalue weighted by Crippen LogP contribution is 2.33. The molecule has 1 unspecified atom stereocenters. The smallest absolute Gasteiger partial charge is 0.243 e. The van der Waals surface area contributed by atoms with Gasteiger partial charge in [0.2, 0.25) is 11.8 Å². The van der Waals surface area contributed by atoms with E-state index in [2.05, 4.69) is 17.2 Å². The van der Waals surface area contributed by atoms with Crippen molar-refractivity contribution in [2.24, 2.45) is 0 Å². The Labute approximate surface area is 155 Å². The number of ether oxygens (including phenoxy) is 1. The second kappa shape index (κ2) is 8.49. The van der Waals surface area contributed by atoms with Crippen molar-refractivity contribution in [3.05, 3.63) is 48.0 Å². The van der Waals surface area contributed by atoms with E-state index < -0.39 is 0 Å². The van der Waals surface area contributed by atoms with Crippen LogP contribution in [0.5, 0.6) is 0 Å². The first-order valence-corrected chi connectivity index (χ1v) is 9.53. The topological polar surface area (TPSA) is 67.4 Å². The van der Waals surface area contributed by atoms with Gasteiger partial charge in [-0.3, -0.25) is 9.59 Å². The molecule has 0 aromatic heterocycles. The molecular weight excluding hydrogens is 328 g/mol. The average molecular weight is 356 g/mol. The standard InChI is InChI=1S/C21H28N2O3/c1-2-19(24)23-21(11-7-3-4-8-12-21)15-22-20(25)13-18-17-10-6-5-9-16(17)14-26-18/h2,5-6,9-10,18H,1,3-4,7-8,11-15H2,(H,22,25)(H,23,24). The second-order valence-electron chi connectivity index (χ2n) is 7.37. The van der Waals surface area contributed by atoms with Gasteiger partial charge >= 0.3 is 0 Å². The quantitative estimate of drug-likeness (QED) is 0.608. The minimum absolute atomic E-state index is 0.0387. The SMILES string of the molecule is C=CC(=O)NC1(CNC(=O)CC2OCc3ccccc32)CCCCCC1. The van der Waals surface area contributed by atoms with Gasteiger partial charge < -0.3 is 15.4 Å². The molecule has 5 nitrogen and oxygen atoms in total. The van der Waals surface area contributed by atoms with Crippen LogP contribution in [0.15, 0.2) is 36.9 Å². The lowest BCUT2D eigenvalue weighted by molar-refractivity contribution is -0.125. The Balaban J connectivity index is 1.59. The van der Waals surface area contributed by atoms with Crippen molar-refractivity contribution < 1.29 is 14.3 Å². The first-order valence-electron chi connectivity index (χ1n) is 9.53. The lowest BCUT2D eigenvalue weighted by atomic mass is 9.89. The molecule has 26 heavy (non-hydrogen) atoms. The maximum atomic E-state index is 12.5. The van der Waals surface area contributed by atoms with E-state index in [-0.39, 0.29) is 23.5 Å². The average Bonchev–Trinajstić information content (AvgIpc) is 2.91. The summed E-state index contributed by atoms with van der Waals surface area (Å²) in [4.78, 5) is 24.4. The van der Waals surface area contributed by atoms with Gasteiger partial charge in [0.25, 0.3) is 0 Å². The zero-order valence-corrected chi connectivity index (χ0v) is 15.3. The van der Waals surface area contributed by atoms with Crippen LogP contribution in [0, 0.1) is 0 Å². The Morgan fingerprint density at radius 1 is 1.19 bits per heavy atom. The summed E-state index contributed by atoms with van der Waals surface area (Å²) in [5.74, 6) is -0.211. The van der Waals surface area contributed by atoms with Crippen molar-refractivity contribution in [3.8, 4) is 0 Å². The highest BCUT2D eigenvalue weighted by molar-refractivity contribution is 5.87. The number of carbonyl (C=O) groups excluding carboxylic acids is 2. The van der Waals surface area contributed by atoms with Crippen LogP contribution in [0.4, 0.5) is 0 Å². The van der Waals surface area contributed by atoms with E-state index in [0.717, 1.165) is 36.8 Å². The number of nitrogens with one attached hydrogen (secondary N) is 2. The van der Waals surface area contributed by atoms with Gasteiger partial charge in [0.1, 0.15) is 0 Å². The monoisotopic (exact) mass is 356 g/mol. The Kier molecular flexibility index (Phi) is 6.09. The van der Waals surface area contributed by atoms with Crippen LogP contribution in [0.25, 0.3) is 0 Å². The number of benzene rings is 1. The summed E-state index contributed by atoms with van der Waals surface area (Å²) in [5, 5.41) is 6.12. The largest absolute Gasteiger partial charge is 0.368 e. The fourth-order valence-corrected chi connectivity index (χ4v) is 4.00. The molecule has 2 N–H and O–H groups in total. The van der Waals surface area contributed by atoms with E-state index in [9.17, 15) is 9.59 Å². The summed E-state index contributed by atoms with van der Waals surface area (Å²) in [6.45, 7) is 4.57. The van der Waals surface area contributed by atoms with Crippen LogP contribution in [0.2, 0.25) is 0 Å². The van der Waals surface area contributed by atoms with Gasteiger partial charge in [-0.2, -0.15) is 0 Å². The molecule has 1 aliphatic carbocycles. The van der Waals surface area contributed by atoms with Crippen molar-refractivity contribution in [1.29, 1.82) is 0 Å². The van der Waals surface area contributed by atoms with E-state index in [1.54, 1.807) is 0 Å². The van der Waals surface area contributed by atoms with Crippen LogP contribution in [-0.4, -0.2) is 23.9 Å². The van der Waals surface area contributed by atoms with E-state index in [0.29, 0.717) is 19.6 Å². The minimum Gasteiger partial charge on any atom is -0.368 e. The second-order valence-corrected chi connectivity index (χ2v) is 7.37. The van der Waals surface area contributed by atoms with Crippen LogP contribution < -0.4 is 10.6 Å². The molecule has 1 saturated carbocycles. The third-order valence-corrected chi connectivity index (χ3v) is 5.47. The molecule has 0 saturated heterocycles. The summed E-state index contributed by atoms with van der Waals surface area (Å²) < 4.78 is 5.77. The van der Waals surface area contributed by atoms with E-state index in [1.165, 1.54) is 18.9 Å². The van der Waals surface area contributed by atoms with E-state index in [1.807, 2.05) is 24.3 Å². The van der Waals surface area contributed by atoms with Crippen LogP contribution in [0.1, 0.15) is 62.2 Å². The molecule has 0 radical (unpaired) electrons. The third-order valence-electron chi connectivity index (χ3n) is 5.47. The van der Waals surface area contributed by atoms with Crippen molar-refractivity contribution in [3.63, 3.8) is 0 Å². The van der Waals surface area contributed by atoms with E-state index >= 15 is 0 Å². The molecule has 0 spiro atoms. The summed E-state index contributed by atoms with van der Waals surface area (Å²) >= 11 is 0. The summed E-state index contributed by atoms with van der Waals surface area (Å²) in [6, 6.07) is 8.03. The zero-order chi connectivity index (χ0) is 18.4. The third kappa shape index (κ3) is 4.52. The van der Waals surface area contributed by atoms with Gasteiger partial charge in [0.15, 0.2) is 0 Å². The Hall–Kier alpha value is -2.14. The van der Waals surface area contributed by atoms with Crippen LogP contribution >= 0.6 is 0 Å². The number of rotatable bonds is 6. The molecule has 1 aliphatic heterocycles. The van der Waals surface area contributed by atoms with Crippen LogP contribution in [-0.2, 0) is 20.9 Å². The van der Waals surface area contributed by atoms with Crippen molar-refractivity contribution in [1.82, 2.24) is 10.6 Å². The maximum absolute atomic E-state index is 12.5. The fraction of sp³-hybridized carbons (Fsp3) is 0.524. The normalized spacial score (nSPS) is 21.3. The Bertz CT molecular complexity index is 663. The highest BCUT2D eigenvalue weighted by atomic mass is 16.5. The molecule has 5 heteroatoms. The Morgan fingerprint density at radius 2 is 1.92 bits per heavy atom. The molecular formula is C21H28N2O3. The fourth-order valence-electron chi connectivity index (χ4n) is 4.00. The first-order chi connectivity index (χ1) is 12.6. The molecule has 1 aromatic rings. The molecule has 1 heterocycles. The number of fused-ring (bicyclic) bond motifs is 1. The lowest BCUT2D eigenvalue weighted by Gasteiger charge is -2.34. The van der Waals surface area contributed by atoms with Crippen molar-refractivity contribution >= 4 is 11.8 Å². The number of carbonyl (C=O) groups is 2. The number of amides is 2. The Morgan fingerprint density at radius 3 is 2.65 bits per heavy atom. The molecule has 2 aliphatic rings. The molecule has 0 bridgehead atoms. The lowest BCUT2D eigenvalue weighted by Crippen LogP contribution is -2.55. The number of hydrogen-bond donors (Lipinski definition) is 2. The van der Waals surface area contributed by atoms with Crippen molar-refractivity contribution in [2.75, 3.05) is 6.54 Å². The van der Waals surface area contributed by atoms with E-state index in [4.69, 9.17) is 4.74 Å². The van der Waals surface area contributed by atoms with Gasteiger partial charge in [-0.15, -0.1) is 0 Å². The first kappa shape index (κ1) is 18.6. The molecule has 1 aromatic carbocycles. The van der Waals surface area contributed by atoms with Crippen LogP contribution in [0.3, 0.4) is 0 Å². The summed E-state index contributed by atoms with van der Waals surface area (Å²) in [7, 11) is 0. The molecule has 140 valence electrons. The van der Waals surface area contributed by atoms with Gasteiger partial charge in [-0.1, -0.05) is 56.5 Å². The zero-order valence-electron chi connectivity index (χ0n) is 15.3. The predicted molar refractivity (Wildman–Crippen MR) is 100 cm³/mol. The number of hydrogen-bond acceptors (Lipinski definition) is 3. The van der Waals surface area contributed by atoms with Gasteiger partial charge in [0, 0.05) is 6.54 Å². The predicted octanol–water partition coefficient (Wildman–Crippen LogP) is 3.16. The van der Waals surface area contributed by atoms with Crippen molar-refractivity contribution in [2.45, 2.75) is 63.2 Å². The van der Waals surface area contributed by atoms with Gasteiger partial charge in [-0.05, 0) is 30.0 Å². The highest BCUT2D eigenvalue weighted by Gasteiger charge is 2.33. The summed E-state index contributed by atoms with van der Waals surface area (Å²) in [6.07, 6.45) is 7.67. The molecule has 1 atom stereocenters. The summed E-state index contributed by atoms with van der Waals surface area (Å²) in [5.41, 5.74) is 1.89. The molecule has 3 rings (SSSR count). The minimum atomic E-state index is -0.369. The maximum Gasteiger partial charge on any atom is 0.243 e.